The van der Waals surface area contributed by atoms with Crippen molar-refractivity contribution in [3.05, 3.63) is 78.4 Å². The average Bonchev–Trinajstić information content (AvgIpc) is 3.25. The number of para-hydroxylation sites is 2. The van der Waals surface area contributed by atoms with E-state index in [1.807, 2.05) is 0 Å². The van der Waals surface area contributed by atoms with Gasteiger partial charge in [0.25, 0.3) is 0 Å². The smallest absolute Gasteiger partial charge is 0.302 e. The van der Waals surface area contributed by atoms with Crippen LogP contribution in [0, 0.1) is 6.92 Å². The first kappa shape index (κ1) is 17.0. The number of furan rings is 1. The molecular weight excluding hydrogens is 471 g/mol. The van der Waals surface area contributed by atoms with Crippen molar-refractivity contribution >= 4 is 66.6 Å². The molecule has 6 aromatic rings. The van der Waals surface area contributed by atoms with Crippen LogP contribution >= 0.6 is 22.9 Å². The number of benzene rings is 4. The molecule has 0 radical (unpaired) electrons. The molecule has 2 aromatic heterocycles. The fraction of sp³-hybridized carbons (Fsp3) is 0.0800. The van der Waals surface area contributed by atoms with Crippen LogP contribution in [0.1, 0.15) is 5.56 Å². The van der Waals surface area contributed by atoms with Gasteiger partial charge in [-0.05, 0) is 41.5 Å². The van der Waals surface area contributed by atoms with Gasteiger partial charge in [0, 0.05) is 10.8 Å². The first-order valence-electron chi connectivity index (χ1n) is 9.64. The first-order valence-corrected chi connectivity index (χ1v) is 10.6. The Morgan fingerprint density at radius 1 is 0.862 bits per heavy atom. The number of hydrogen-bond acceptors (Lipinski definition) is 1. The Bertz CT molecular complexity index is 1550. The molecule has 0 atom stereocenters. The molecule has 0 aliphatic carbocycles. The van der Waals surface area contributed by atoms with Gasteiger partial charge in [0.05, 0.1) is 7.05 Å². The molecule has 0 unspecified atom stereocenters. The van der Waals surface area contributed by atoms with Crippen LogP contribution in [0.4, 0.5) is 0 Å². The molecule has 29 heavy (non-hydrogen) atoms. The van der Waals surface area contributed by atoms with E-state index in [0.717, 1.165) is 22.6 Å². The predicted molar refractivity (Wildman–Crippen MR) is 127 cm³/mol. The average molecular weight is 489 g/mol. The zero-order valence-electron chi connectivity index (χ0n) is 16.1. The van der Waals surface area contributed by atoms with Crippen molar-refractivity contribution in [3.63, 3.8) is 0 Å². The quantitative estimate of drug-likeness (QED) is 0.186. The van der Waals surface area contributed by atoms with Gasteiger partial charge in [-0.1, -0.05) is 54.6 Å². The Hall–Kier alpha value is -2.86. The third-order valence-electron chi connectivity index (χ3n) is 5.92. The van der Waals surface area contributed by atoms with E-state index in [-0.39, 0.29) is 0 Å². The third kappa shape index (κ3) is 2.26. The van der Waals surface area contributed by atoms with Gasteiger partial charge >= 0.3 is 5.82 Å². The van der Waals surface area contributed by atoms with Crippen molar-refractivity contribution in [1.82, 2.24) is 2.78 Å². The van der Waals surface area contributed by atoms with Crippen LogP contribution in [0.25, 0.3) is 55.1 Å². The van der Waals surface area contributed by atoms with Gasteiger partial charge < -0.3 is 4.42 Å². The SMILES string of the molecule is Cc1ccc2c(oc3ccc4ccccc4c32)c1-c1n(I)c2ccccc2[n+]1C. The van der Waals surface area contributed by atoms with Crippen molar-refractivity contribution in [1.29, 1.82) is 0 Å². The van der Waals surface area contributed by atoms with Crippen molar-refractivity contribution in [2.24, 2.45) is 7.05 Å². The Morgan fingerprint density at radius 2 is 1.66 bits per heavy atom. The number of imidazole rings is 1. The number of nitrogens with zero attached hydrogens (tertiary/aromatic N) is 2. The monoisotopic (exact) mass is 489 g/mol. The fourth-order valence-corrected chi connectivity index (χ4v) is 5.50. The fourth-order valence-electron chi connectivity index (χ4n) is 4.53. The van der Waals surface area contributed by atoms with E-state index >= 15 is 0 Å². The van der Waals surface area contributed by atoms with Crippen LogP contribution in [-0.4, -0.2) is 2.78 Å². The molecule has 2 heterocycles. The molecule has 0 aliphatic rings. The third-order valence-corrected chi connectivity index (χ3v) is 6.90. The number of aromatic nitrogens is 2. The summed E-state index contributed by atoms with van der Waals surface area (Å²) in [4.78, 5) is 0. The molecule has 0 bridgehead atoms. The molecule has 140 valence electrons. The minimum atomic E-state index is 0.935. The molecule has 0 amide bonds. The van der Waals surface area contributed by atoms with Gasteiger partial charge in [-0.15, -0.1) is 0 Å². The Labute approximate surface area is 181 Å². The molecule has 6 rings (SSSR count). The Kier molecular flexibility index (Phi) is 3.56. The number of fused-ring (bicyclic) bond motifs is 6. The highest BCUT2D eigenvalue weighted by molar-refractivity contribution is 14.1. The van der Waals surface area contributed by atoms with E-state index in [4.69, 9.17) is 4.42 Å². The maximum Gasteiger partial charge on any atom is 0.302 e. The van der Waals surface area contributed by atoms with Gasteiger partial charge in [-0.25, -0.2) is 4.57 Å². The van der Waals surface area contributed by atoms with Gasteiger partial charge in [-0.3, -0.25) is 0 Å². The maximum absolute atomic E-state index is 6.50. The summed E-state index contributed by atoms with van der Waals surface area (Å²) in [6.07, 6.45) is 0. The van der Waals surface area contributed by atoms with Crippen LogP contribution in [0.2, 0.25) is 0 Å². The van der Waals surface area contributed by atoms with E-state index in [2.05, 4.69) is 117 Å². The van der Waals surface area contributed by atoms with Gasteiger partial charge in [0.15, 0.2) is 16.6 Å². The van der Waals surface area contributed by atoms with Gasteiger partial charge in [0.2, 0.25) is 22.9 Å². The lowest BCUT2D eigenvalue weighted by Gasteiger charge is -2.04. The number of rotatable bonds is 1. The van der Waals surface area contributed by atoms with E-state index in [1.54, 1.807) is 0 Å². The standard InChI is InChI=1S/C25H18IN2O/c1-15-11-13-18-23-17-8-4-3-7-16(17)12-14-21(23)29-24(18)22(15)25-27(2)19-9-5-6-10-20(19)28(25)26/h3-14H,1-2H3/q+1. The summed E-state index contributed by atoms with van der Waals surface area (Å²) in [7, 11) is 2.13. The van der Waals surface area contributed by atoms with E-state index in [1.165, 1.54) is 38.1 Å². The largest absolute Gasteiger partial charge is 0.455 e. The lowest BCUT2D eigenvalue weighted by atomic mass is 10.0. The summed E-state index contributed by atoms with van der Waals surface area (Å²) < 4.78 is 11.0. The van der Waals surface area contributed by atoms with Gasteiger partial charge in [0.1, 0.15) is 11.1 Å². The molecule has 0 saturated carbocycles. The molecule has 0 fully saturated rings. The maximum atomic E-state index is 6.50. The molecule has 0 N–H and O–H groups in total. The van der Waals surface area contributed by atoms with Crippen molar-refractivity contribution in [2.45, 2.75) is 6.92 Å². The van der Waals surface area contributed by atoms with E-state index in [9.17, 15) is 0 Å². The summed E-state index contributed by atoms with van der Waals surface area (Å²) in [5, 5.41) is 4.83. The number of hydrogen-bond donors (Lipinski definition) is 0. The van der Waals surface area contributed by atoms with Crippen LogP contribution < -0.4 is 4.57 Å². The van der Waals surface area contributed by atoms with Crippen molar-refractivity contribution in [2.75, 3.05) is 0 Å². The van der Waals surface area contributed by atoms with Crippen LogP contribution in [0.5, 0.6) is 0 Å². The normalized spacial score (nSPS) is 12.0. The summed E-state index contributed by atoms with van der Waals surface area (Å²) in [6, 6.07) is 25.7. The molecule has 0 saturated heterocycles. The molecule has 4 heteroatoms. The molecule has 4 aromatic carbocycles. The van der Waals surface area contributed by atoms with E-state index < -0.39 is 0 Å². The van der Waals surface area contributed by atoms with Crippen molar-refractivity contribution < 1.29 is 8.98 Å². The predicted octanol–water partition coefficient (Wildman–Crippen LogP) is 6.69. The zero-order chi connectivity index (χ0) is 19.7. The highest BCUT2D eigenvalue weighted by atomic mass is 127. The Balaban J connectivity index is 1.81. The number of halogens is 1. The first-order chi connectivity index (χ1) is 14.1. The van der Waals surface area contributed by atoms with Crippen molar-refractivity contribution in [3.8, 4) is 11.4 Å². The summed E-state index contributed by atoms with van der Waals surface area (Å²) in [6.45, 7) is 2.16. The zero-order valence-corrected chi connectivity index (χ0v) is 18.3. The van der Waals surface area contributed by atoms with Crippen LogP contribution in [0.15, 0.2) is 77.2 Å². The minimum Gasteiger partial charge on any atom is -0.455 e. The second kappa shape index (κ2) is 6.07. The summed E-state index contributed by atoms with van der Waals surface area (Å²) in [5.41, 5.74) is 6.64. The lowest BCUT2D eigenvalue weighted by Crippen LogP contribution is -2.29. The topological polar surface area (TPSA) is 21.9 Å². The Morgan fingerprint density at radius 3 is 2.52 bits per heavy atom. The van der Waals surface area contributed by atoms with E-state index in [0.29, 0.717) is 0 Å². The second-order valence-corrected chi connectivity index (χ2v) is 8.51. The summed E-state index contributed by atoms with van der Waals surface area (Å²) in [5.74, 6) is 1.14. The van der Waals surface area contributed by atoms with Gasteiger partial charge in [-0.2, -0.15) is 2.78 Å². The number of aryl methyl sites for hydroxylation is 2. The minimum absolute atomic E-state index is 0.935. The molecule has 0 spiro atoms. The molecule has 0 aliphatic heterocycles. The highest BCUT2D eigenvalue weighted by Gasteiger charge is 2.28. The molecule has 3 nitrogen and oxygen atoms in total. The second-order valence-electron chi connectivity index (χ2n) is 7.55. The van der Waals surface area contributed by atoms with Crippen LogP contribution in [-0.2, 0) is 7.05 Å². The lowest BCUT2D eigenvalue weighted by molar-refractivity contribution is -0.633. The summed E-state index contributed by atoms with van der Waals surface area (Å²) >= 11 is 2.40. The highest BCUT2D eigenvalue weighted by Crippen LogP contribution is 2.40. The molecular formula is C25H18IN2O+. The van der Waals surface area contributed by atoms with Crippen LogP contribution in [0.3, 0.4) is 0 Å².